The second kappa shape index (κ2) is 7.85. The molecule has 0 saturated heterocycles. The van der Waals surface area contributed by atoms with Gasteiger partial charge in [-0.25, -0.2) is 0 Å². The summed E-state index contributed by atoms with van der Waals surface area (Å²) in [7, 11) is 1.59. The maximum Gasteiger partial charge on any atom is 0.185 e. The fourth-order valence-corrected chi connectivity index (χ4v) is 3.31. The Labute approximate surface area is 155 Å². The van der Waals surface area contributed by atoms with Crippen LogP contribution in [0.2, 0.25) is 5.02 Å². The molecular formula is C19H17ClO4S. The summed E-state index contributed by atoms with van der Waals surface area (Å²) in [5.41, 5.74) is 1.34. The van der Waals surface area contributed by atoms with Crippen LogP contribution in [0.5, 0.6) is 17.2 Å². The Morgan fingerprint density at radius 3 is 2.80 bits per heavy atom. The maximum atomic E-state index is 12.4. The lowest BCUT2D eigenvalue weighted by molar-refractivity contribution is 0.104. The Morgan fingerprint density at radius 1 is 1.24 bits per heavy atom. The zero-order valence-corrected chi connectivity index (χ0v) is 15.4. The van der Waals surface area contributed by atoms with Crippen LogP contribution in [-0.4, -0.2) is 32.4 Å². The van der Waals surface area contributed by atoms with Gasteiger partial charge in [0.25, 0.3) is 0 Å². The molecule has 0 fully saturated rings. The molecule has 4 nitrogen and oxygen atoms in total. The van der Waals surface area contributed by atoms with E-state index in [-0.39, 0.29) is 5.78 Å². The molecule has 1 aliphatic heterocycles. The summed E-state index contributed by atoms with van der Waals surface area (Å²) in [6, 6.07) is 8.97. The normalized spacial score (nSPS) is 13.1. The Hall–Kier alpha value is -2.11. The minimum absolute atomic E-state index is 0.114. The number of benzene rings is 2. The number of methoxy groups -OCH3 is 1. The van der Waals surface area contributed by atoms with Crippen molar-refractivity contribution in [3.05, 3.63) is 52.6 Å². The van der Waals surface area contributed by atoms with Gasteiger partial charge in [-0.05, 0) is 48.2 Å². The zero-order valence-electron chi connectivity index (χ0n) is 13.9. The lowest BCUT2D eigenvalue weighted by Crippen LogP contribution is -2.15. The van der Waals surface area contributed by atoms with Crippen LogP contribution in [0.3, 0.4) is 0 Å². The summed E-state index contributed by atoms with van der Waals surface area (Å²) < 4.78 is 16.4. The minimum atomic E-state index is -0.114. The summed E-state index contributed by atoms with van der Waals surface area (Å²) in [5.74, 6) is 1.72. The van der Waals surface area contributed by atoms with E-state index in [2.05, 4.69) is 0 Å². The summed E-state index contributed by atoms with van der Waals surface area (Å²) in [6.45, 7) is 0.964. The molecule has 6 heteroatoms. The van der Waals surface area contributed by atoms with Crippen molar-refractivity contribution >= 4 is 35.2 Å². The molecule has 0 aromatic heterocycles. The zero-order chi connectivity index (χ0) is 17.8. The van der Waals surface area contributed by atoms with Crippen LogP contribution in [0, 0.1) is 0 Å². The van der Waals surface area contributed by atoms with Crippen molar-refractivity contribution in [2.45, 2.75) is 4.90 Å². The Bertz CT molecular complexity index is 832. The van der Waals surface area contributed by atoms with Gasteiger partial charge in [-0.2, -0.15) is 0 Å². The first-order chi connectivity index (χ1) is 12.1. The first kappa shape index (κ1) is 17.7. The van der Waals surface area contributed by atoms with Crippen LogP contribution in [-0.2, 0) is 0 Å². The molecule has 0 bridgehead atoms. The fourth-order valence-electron chi connectivity index (χ4n) is 2.48. The van der Waals surface area contributed by atoms with Crippen molar-refractivity contribution in [2.24, 2.45) is 0 Å². The van der Waals surface area contributed by atoms with Crippen LogP contribution in [0.4, 0.5) is 0 Å². The highest BCUT2D eigenvalue weighted by Crippen LogP contribution is 2.38. The van der Waals surface area contributed by atoms with Crippen molar-refractivity contribution in [3.8, 4) is 17.2 Å². The number of thioether (sulfide) groups is 1. The van der Waals surface area contributed by atoms with E-state index >= 15 is 0 Å². The van der Waals surface area contributed by atoms with Gasteiger partial charge in [0.1, 0.15) is 19.0 Å². The van der Waals surface area contributed by atoms with E-state index in [0.29, 0.717) is 41.0 Å². The number of fused-ring (bicyclic) bond motifs is 1. The molecule has 0 unspecified atom stereocenters. The molecule has 0 N–H and O–H groups in total. The lowest BCUT2D eigenvalue weighted by atomic mass is 10.1. The molecule has 2 aromatic carbocycles. The molecule has 0 spiro atoms. The minimum Gasteiger partial charge on any atom is -0.496 e. The molecule has 0 atom stereocenters. The van der Waals surface area contributed by atoms with Gasteiger partial charge in [-0.3, -0.25) is 4.79 Å². The van der Waals surface area contributed by atoms with E-state index in [0.717, 1.165) is 10.5 Å². The summed E-state index contributed by atoms with van der Waals surface area (Å²) in [4.78, 5) is 13.4. The fraction of sp³-hybridized carbons (Fsp3) is 0.211. The molecule has 3 rings (SSSR count). The molecular weight excluding hydrogens is 360 g/mol. The van der Waals surface area contributed by atoms with Gasteiger partial charge < -0.3 is 14.2 Å². The van der Waals surface area contributed by atoms with E-state index < -0.39 is 0 Å². The van der Waals surface area contributed by atoms with Crippen molar-refractivity contribution in [2.75, 3.05) is 26.6 Å². The van der Waals surface area contributed by atoms with Gasteiger partial charge in [0.05, 0.1) is 12.1 Å². The number of halogens is 1. The first-order valence-corrected chi connectivity index (χ1v) is 9.26. The van der Waals surface area contributed by atoms with Gasteiger partial charge in [-0.15, -0.1) is 11.8 Å². The second-order valence-corrected chi connectivity index (χ2v) is 6.55. The van der Waals surface area contributed by atoms with Crippen molar-refractivity contribution in [1.82, 2.24) is 0 Å². The van der Waals surface area contributed by atoms with Crippen LogP contribution in [0.15, 0.2) is 41.3 Å². The van der Waals surface area contributed by atoms with Gasteiger partial charge in [-0.1, -0.05) is 17.7 Å². The molecule has 0 saturated carbocycles. The highest BCUT2D eigenvalue weighted by atomic mass is 35.5. The van der Waals surface area contributed by atoms with Crippen molar-refractivity contribution in [3.63, 3.8) is 0 Å². The molecule has 2 aromatic rings. The third kappa shape index (κ3) is 3.94. The highest BCUT2D eigenvalue weighted by molar-refractivity contribution is 7.98. The Kier molecular flexibility index (Phi) is 5.56. The number of hydrogen-bond donors (Lipinski definition) is 0. The average molecular weight is 377 g/mol. The van der Waals surface area contributed by atoms with Gasteiger partial charge in [0.15, 0.2) is 17.3 Å². The van der Waals surface area contributed by atoms with Gasteiger partial charge in [0.2, 0.25) is 0 Å². The summed E-state index contributed by atoms with van der Waals surface area (Å²) >= 11 is 7.78. The average Bonchev–Trinajstić information content (AvgIpc) is 2.65. The Morgan fingerprint density at radius 2 is 2.04 bits per heavy atom. The molecule has 0 amide bonds. The van der Waals surface area contributed by atoms with E-state index in [4.69, 9.17) is 25.8 Å². The Balaban J connectivity index is 1.82. The van der Waals surface area contributed by atoms with Gasteiger partial charge in [0, 0.05) is 10.5 Å². The standard InChI is InChI=1S/C19H17ClO4S/c1-22-16-11-13(4-6-18(16)25-2)15(21)5-3-12-9-14(20)19-17(10-12)23-7-8-24-19/h3-6,9-11H,7-8H2,1-2H3/b5-3+. The third-order valence-electron chi connectivity index (χ3n) is 3.71. The lowest BCUT2D eigenvalue weighted by Gasteiger charge is -2.19. The summed E-state index contributed by atoms with van der Waals surface area (Å²) in [5, 5.41) is 0.468. The van der Waals surface area contributed by atoms with E-state index in [1.54, 1.807) is 43.1 Å². The molecule has 25 heavy (non-hydrogen) atoms. The van der Waals surface area contributed by atoms with E-state index in [1.807, 2.05) is 18.4 Å². The van der Waals surface area contributed by atoms with Crippen LogP contribution in [0.1, 0.15) is 15.9 Å². The predicted octanol–water partition coefficient (Wildman–Crippen LogP) is 4.74. The van der Waals surface area contributed by atoms with Crippen molar-refractivity contribution < 1.29 is 19.0 Å². The third-order valence-corrected chi connectivity index (χ3v) is 4.77. The number of carbonyl (C=O) groups is 1. The number of hydrogen-bond acceptors (Lipinski definition) is 5. The summed E-state index contributed by atoms with van der Waals surface area (Å²) in [6.07, 6.45) is 5.18. The SMILES string of the molecule is COc1cc(C(=O)/C=C/c2cc(Cl)c3c(c2)OCCO3)ccc1SC. The van der Waals surface area contributed by atoms with Crippen LogP contribution < -0.4 is 14.2 Å². The first-order valence-electron chi connectivity index (χ1n) is 7.66. The quantitative estimate of drug-likeness (QED) is 0.428. The molecule has 1 heterocycles. The van der Waals surface area contributed by atoms with E-state index in [9.17, 15) is 4.79 Å². The number of ketones is 1. The smallest absolute Gasteiger partial charge is 0.185 e. The predicted molar refractivity (Wildman–Crippen MR) is 101 cm³/mol. The van der Waals surface area contributed by atoms with E-state index in [1.165, 1.54) is 6.08 Å². The molecule has 0 aliphatic carbocycles. The largest absolute Gasteiger partial charge is 0.496 e. The topological polar surface area (TPSA) is 44.8 Å². The van der Waals surface area contributed by atoms with Gasteiger partial charge >= 0.3 is 0 Å². The number of allylic oxidation sites excluding steroid dienone is 1. The highest BCUT2D eigenvalue weighted by Gasteiger charge is 2.16. The van der Waals surface area contributed by atoms with Crippen LogP contribution in [0.25, 0.3) is 6.08 Å². The maximum absolute atomic E-state index is 12.4. The number of rotatable bonds is 5. The molecule has 1 aliphatic rings. The van der Waals surface area contributed by atoms with Crippen molar-refractivity contribution in [1.29, 1.82) is 0 Å². The monoisotopic (exact) mass is 376 g/mol. The number of carbonyl (C=O) groups excluding carboxylic acids is 1. The number of ether oxygens (including phenoxy) is 3. The second-order valence-electron chi connectivity index (χ2n) is 5.29. The molecule has 130 valence electrons. The van der Waals surface area contributed by atoms with Crippen LogP contribution >= 0.6 is 23.4 Å². The molecule has 0 radical (unpaired) electrons.